The fourth-order valence-corrected chi connectivity index (χ4v) is 2.62. The molecule has 1 aromatic carbocycles. The van der Waals surface area contributed by atoms with Gasteiger partial charge >= 0.3 is 0 Å². The number of unbranched alkanes of at least 4 members (excludes halogenated alkanes) is 1. The molecule has 0 unspecified atom stereocenters. The van der Waals surface area contributed by atoms with Crippen molar-refractivity contribution in [3.63, 3.8) is 0 Å². The summed E-state index contributed by atoms with van der Waals surface area (Å²) in [5, 5.41) is 11.1. The molecule has 7 heteroatoms. The minimum Gasteiger partial charge on any atom is -0.493 e. The van der Waals surface area contributed by atoms with E-state index in [0.29, 0.717) is 17.5 Å². The number of thioether (sulfide) groups is 1. The maximum atomic E-state index is 11.4. The molecule has 6 nitrogen and oxygen atoms in total. The summed E-state index contributed by atoms with van der Waals surface area (Å²) in [4.78, 5) is 11.4. The highest BCUT2D eigenvalue weighted by molar-refractivity contribution is 8.15. The van der Waals surface area contributed by atoms with Crippen LogP contribution in [0, 0.1) is 0 Å². The van der Waals surface area contributed by atoms with Gasteiger partial charge < -0.3 is 14.8 Å². The molecule has 1 aliphatic rings. The van der Waals surface area contributed by atoms with E-state index in [1.54, 1.807) is 13.3 Å². The predicted octanol–water partition coefficient (Wildman–Crippen LogP) is 2.82. The van der Waals surface area contributed by atoms with Crippen LogP contribution in [0.25, 0.3) is 0 Å². The van der Waals surface area contributed by atoms with Gasteiger partial charge in [0.1, 0.15) is 0 Å². The standard InChI is InChI=1S/C16H21N3O3S/c1-4-5-8-22-13-7-6-12(9-14(13)21-3)10-17-19-16-18-15(20)11(2)23-16/h6-7,9-11H,4-5,8H2,1-3H3,(H,18,19,20)/b17-10-/t11-/m1/s1. The Labute approximate surface area is 140 Å². The van der Waals surface area contributed by atoms with E-state index >= 15 is 0 Å². The molecule has 0 aromatic heterocycles. The zero-order valence-electron chi connectivity index (χ0n) is 13.5. The number of benzene rings is 1. The summed E-state index contributed by atoms with van der Waals surface area (Å²) in [7, 11) is 1.61. The van der Waals surface area contributed by atoms with Gasteiger partial charge in [0, 0.05) is 0 Å². The molecular formula is C16H21N3O3S. The molecule has 23 heavy (non-hydrogen) atoms. The summed E-state index contributed by atoms with van der Waals surface area (Å²) in [6.45, 7) is 4.62. The van der Waals surface area contributed by atoms with Crippen molar-refractivity contribution >= 4 is 29.1 Å². The summed E-state index contributed by atoms with van der Waals surface area (Å²) in [6, 6.07) is 5.58. The number of methoxy groups -OCH3 is 1. The van der Waals surface area contributed by atoms with Crippen LogP contribution >= 0.6 is 11.8 Å². The largest absolute Gasteiger partial charge is 0.493 e. The van der Waals surface area contributed by atoms with Crippen LogP contribution in [0.15, 0.2) is 28.4 Å². The molecule has 1 aliphatic heterocycles. The van der Waals surface area contributed by atoms with Gasteiger partial charge in [-0.25, -0.2) is 0 Å². The Kier molecular flexibility index (Phi) is 6.46. The van der Waals surface area contributed by atoms with Crippen molar-refractivity contribution in [1.82, 2.24) is 5.32 Å². The van der Waals surface area contributed by atoms with Gasteiger partial charge in [-0.1, -0.05) is 25.1 Å². The summed E-state index contributed by atoms with van der Waals surface area (Å²) in [5.74, 6) is 1.34. The third-order valence-corrected chi connectivity index (χ3v) is 4.16. The first kappa shape index (κ1) is 17.3. The maximum Gasteiger partial charge on any atom is 0.239 e. The van der Waals surface area contributed by atoms with Gasteiger partial charge in [0.05, 0.1) is 25.2 Å². The second-order valence-electron chi connectivity index (χ2n) is 5.01. The van der Waals surface area contributed by atoms with Crippen molar-refractivity contribution in [1.29, 1.82) is 0 Å². The molecule has 0 spiro atoms. The number of nitrogens with zero attached hydrogens (tertiary/aromatic N) is 2. The van der Waals surface area contributed by atoms with Gasteiger partial charge in [0.2, 0.25) is 5.91 Å². The van der Waals surface area contributed by atoms with Crippen molar-refractivity contribution in [2.45, 2.75) is 31.9 Å². The van der Waals surface area contributed by atoms with Gasteiger partial charge in [0.15, 0.2) is 16.7 Å². The van der Waals surface area contributed by atoms with Crippen molar-refractivity contribution < 1.29 is 14.3 Å². The van der Waals surface area contributed by atoms with Crippen LogP contribution in [0.3, 0.4) is 0 Å². The SMILES string of the molecule is CCCCOc1ccc(/C=N\N=C2\NC(=O)[C@@H](C)S2)cc1OC. The second kappa shape index (κ2) is 8.57. The molecule has 0 saturated carbocycles. The van der Waals surface area contributed by atoms with Crippen LogP contribution < -0.4 is 14.8 Å². The van der Waals surface area contributed by atoms with Gasteiger partial charge in [0.25, 0.3) is 0 Å². The van der Waals surface area contributed by atoms with Crippen LogP contribution in [0.1, 0.15) is 32.3 Å². The number of amidine groups is 1. The first-order valence-corrected chi connectivity index (χ1v) is 8.41. The van der Waals surface area contributed by atoms with Gasteiger partial charge in [-0.15, -0.1) is 5.10 Å². The van der Waals surface area contributed by atoms with E-state index in [2.05, 4.69) is 22.4 Å². The average molecular weight is 335 g/mol. The molecule has 1 aromatic rings. The number of amides is 1. The second-order valence-corrected chi connectivity index (χ2v) is 6.34. The van der Waals surface area contributed by atoms with Crippen LogP contribution in [0.4, 0.5) is 0 Å². The fraction of sp³-hybridized carbons (Fsp3) is 0.438. The van der Waals surface area contributed by atoms with Crippen LogP contribution in [-0.4, -0.2) is 36.3 Å². The third kappa shape index (κ3) is 4.99. The lowest BCUT2D eigenvalue weighted by Crippen LogP contribution is -2.23. The zero-order chi connectivity index (χ0) is 16.7. The van der Waals surface area contributed by atoms with Crippen LogP contribution in [0.2, 0.25) is 0 Å². The van der Waals surface area contributed by atoms with Gasteiger partial charge in [-0.05, 0) is 37.1 Å². The van der Waals surface area contributed by atoms with Crippen molar-refractivity contribution in [2.24, 2.45) is 10.2 Å². The average Bonchev–Trinajstić information content (AvgIpc) is 2.87. The third-order valence-electron chi connectivity index (χ3n) is 3.19. The van der Waals surface area contributed by atoms with E-state index in [1.807, 2.05) is 25.1 Å². The van der Waals surface area contributed by atoms with E-state index in [0.717, 1.165) is 24.2 Å². The molecule has 1 saturated heterocycles. The highest BCUT2D eigenvalue weighted by atomic mass is 32.2. The molecule has 1 N–H and O–H groups in total. The Morgan fingerprint density at radius 2 is 2.22 bits per heavy atom. The molecule has 1 fully saturated rings. The molecule has 124 valence electrons. The minimum atomic E-state index is -0.122. The van der Waals surface area contributed by atoms with E-state index in [4.69, 9.17) is 9.47 Å². The molecule has 1 amide bonds. The smallest absolute Gasteiger partial charge is 0.239 e. The highest BCUT2D eigenvalue weighted by Gasteiger charge is 2.25. The summed E-state index contributed by atoms with van der Waals surface area (Å²) < 4.78 is 11.0. The topological polar surface area (TPSA) is 72.3 Å². The Morgan fingerprint density at radius 1 is 1.39 bits per heavy atom. The molecule has 1 heterocycles. The number of nitrogens with one attached hydrogen (secondary N) is 1. The Bertz CT molecular complexity index is 617. The predicted molar refractivity (Wildman–Crippen MR) is 93.6 cm³/mol. The lowest BCUT2D eigenvalue weighted by Gasteiger charge is -2.10. The number of hydrogen-bond donors (Lipinski definition) is 1. The molecule has 0 bridgehead atoms. The molecule has 2 rings (SSSR count). The monoisotopic (exact) mass is 335 g/mol. The number of carbonyl (C=O) groups excluding carboxylic acids is 1. The number of hydrogen-bond acceptors (Lipinski definition) is 6. The summed E-state index contributed by atoms with van der Waals surface area (Å²) >= 11 is 1.36. The van der Waals surface area contributed by atoms with Crippen molar-refractivity contribution in [2.75, 3.05) is 13.7 Å². The normalized spacial score (nSPS) is 19.3. The molecule has 1 atom stereocenters. The lowest BCUT2D eigenvalue weighted by molar-refractivity contribution is -0.118. The quantitative estimate of drug-likeness (QED) is 0.472. The van der Waals surface area contributed by atoms with E-state index in [1.165, 1.54) is 11.8 Å². The van der Waals surface area contributed by atoms with E-state index in [9.17, 15) is 4.79 Å². The van der Waals surface area contributed by atoms with Crippen LogP contribution in [-0.2, 0) is 4.79 Å². The number of carbonyl (C=O) groups is 1. The molecule has 0 aliphatic carbocycles. The Balaban J connectivity index is 2.01. The van der Waals surface area contributed by atoms with Gasteiger partial charge in [-0.2, -0.15) is 5.10 Å². The van der Waals surface area contributed by atoms with E-state index in [-0.39, 0.29) is 11.2 Å². The molecular weight excluding hydrogens is 314 g/mol. The zero-order valence-corrected chi connectivity index (χ0v) is 14.4. The van der Waals surface area contributed by atoms with Crippen molar-refractivity contribution in [3.8, 4) is 11.5 Å². The summed E-state index contributed by atoms with van der Waals surface area (Å²) in [5.41, 5.74) is 0.844. The summed E-state index contributed by atoms with van der Waals surface area (Å²) in [6.07, 6.45) is 3.70. The van der Waals surface area contributed by atoms with Crippen molar-refractivity contribution in [3.05, 3.63) is 23.8 Å². The molecule has 0 radical (unpaired) electrons. The number of rotatable bonds is 7. The first-order valence-electron chi connectivity index (χ1n) is 7.53. The first-order chi connectivity index (χ1) is 11.1. The minimum absolute atomic E-state index is 0.0424. The lowest BCUT2D eigenvalue weighted by atomic mass is 10.2. The fourth-order valence-electron chi connectivity index (χ4n) is 1.86. The Morgan fingerprint density at radius 3 is 2.87 bits per heavy atom. The maximum absolute atomic E-state index is 11.4. The van der Waals surface area contributed by atoms with Crippen LogP contribution in [0.5, 0.6) is 11.5 Å². The number of ether oxygens (including phenoxy) is 2. The Hall–Kier alpha value is -2.02. The highest BCUT2D eigenvalue weighted by Crippen LogP contribution is 2.27. The van der Waals surface area contributed by atoms with E-state index < -0.39 is 0 Å². The van der Waals surface area contributed by atoms with Gasteiger partial charge in [-0.3, -0.25) is 4.79 Å².